The number of aryl methyl sites for hydroxylation is 1. The molecule has 0 spiro atoms. The van der Waals surface area contributed by atoms with Gasteiger partial charge >= 0.3 is 6.18 Å². The number of hydrogen-bond acceptors (Lipinski definition) is 5. The van der Waals surface area contributed by atoms with Crippen molar-refractivity contribution in [3.63, 3.8) is 0 Å². The van der Waals surface area contributed by atoms with Gasteiger partial charge in [-0.3, -0.25) is 9.59 Å². The highest BCUT2D eigenvalue weighted by molar-refractivity contribution is 6.39. The van der Waals surface area contributed by atoms with E-state index in [1.54, 1.807) is 40.0 Å². The number of rotatable bonds is 9. The lowest BCUT2D eigenvalue weighted by Gasteiger charge is -2.19. The maximum Gasteiger partial charge on any atom is 0.416 e. The summed E-state index contributed by atoms with van der Waals surface area (Å²) in [6.45, 7) is 4.27. The molecular weight excluding hydrogens is 663 g/mol. The number of imidazole rings is 1. The molecule has 0 saturated carbocycles. The second kappa shape index (κ2) is 13.3. The van der Waals surface area contributed by atoms with Gasteiger partial charge in [0.1, 0.15) is 18.2 Å². The van der Waals surface area contributed by atoms with Crippen LogP contribution in [0.1, 0.15) is 42.3 Å². The van der Waals surface area contributed by atoms with Crippen LogP contribution in [0.15, 0.2) is 42.5 Å². The average molecular weight is 690 g/mol. The maximum atomic E-state index is 13.9. The van der Waals surface area contributed by atoms with Crippen LogP contribution in [0, 0.1) is 11.2 Å². The number of amides is 2. The number of nitrogens with zero attached hydrogens (tertiary/aromatic N) is 2. The average Bonchev–Trinajstić information content (AvgIpc) is 3.25. The molecule has 1 aromatic heterocycles. The highest BCUT2D eigenvalue weighted by Gasteiger charge is 2.32. The summed E-state index contributed by atoms with van der Waals surface area (Å²) in [5.41, 5.74) is -1.63. The van der Waals surface area contributed by atoms with Crippen molar-refractivity contribution in [3.8, 4) is 5.75 Å². The van der Waals surface area contributed by atoms with E-state index >= 15 is 0 Å². The van der Waals surface area contributed by atoms with E-state index in [9.17, 15) is 35.9 Å². The molecule has 0 saturated heterocycles. The number of benzene rings is 3. The van der Waals surface area contributed by atoms with Crippen molar-refractivity contribution < 1.29 is 40.7 Å². The molecule has 1 heterocycles. The van der Waals surface area contributed by atoms with Crippen molar-refractivity contribution in [1.29, 1.82) is 0 Å². The Bertz CT molecular complexity index is 1800. The molecule has 0 aliphatic heterocycles. The summed E-state index contributed by atoms with van der Waals surface area (Å²) in [7, 11) is 1.56. The van der Waals surface area contributed by atoms with Crippen LogP contribution in [-0.4, -0.2) is 34.4 Å². The lowest BCUT2D eigenvalue weighted by molar-refractivity contribution is -0.137. The SMILES string of the molecule is Cn1c(Nc2c(Cl)ccc(CNC(=O)C(C)(C)C)c2Cl)nc2cc(C(=O)Nc3cc(F)cc(C(F)(F)F)c3)c(OCC(F)F)cc21. The first-order valence-corrected chi connectivity index (χ1v) is 14.2. The minimum atomic E-state index is -4.89. The number of fused-ring (bicyclic) bond motifs is 1. The van der Waals surface area contributed by atoms with Gasteiger partial charge in [0.2, 0.25) is 11.9 Å². The van der Waals surface area contributed by atoms with E-state index < -0.39 is 47.6 Å². The third kappa shape index (κ3) is 7.97. The number of ether oxygens (including phenoxy) is 1. The summed E-state index contributed by atoms with van der Waals surface area (Å²) in [4.78, 5) is 30.0. The molecule has 4 rings (SSSR count). The second-order valence-corrected chi connectivity index (χ2v) is 12.0. The van der Waals surface area contributed by atoms with E-state index in [1.165, 1.54) is 16.7 Å². The molecule has 16 heteroatoms. The molecule has 0 bridgehead atoms. The summed E-state index contributed by atoms with van der Waals surface area (Å²) >= 11 is 13.0. The molecule has 0 fully saturated rings. The first-order valence-electron chi connectivity index (χ1n) is 13.5. The fraction of sp³-hybridized carbons (Fsp3) is 0.300. The van der Waals surface area contributed by atoms with Gasteiger partial charge in [-0.1, -0.05) is 50.0 Å². The van der Waals surface area contributed by atoms with E-state index in [-0.39, 0.29) is 57.0 Å². The zero-order valence-electron chi connectivity index (χ0n) is 24.7. The Kier molecular flexibility index (Phi) is 10.0. The van der Waals surface area contributed by atoms with Gasteiger partial charge in [0, 0.05) is 30.8 Å². The van der Waals surface area contributed by atoms with Crippen LogP contribution in [0.2, 0.25) is 10.0 Å². The minimum absolute atomic E-state index is 0.0996. The third-order valence-electron chi connectivity index (χ3n) is 6.60. The van der Waals surface area contributed by atoms with Gasteiger partial charge in [-0.25, -0.2) is 18.2 Å². The van der Waals surface area contributed by atoms with Crippen LogP contribution < -0.4 is 20.7 Å². The normalized spacial score (nSPS) is 12.0. The van der Waals surface area contributed by atoms with Gasteiger partial charge in [-0.2, -0.15) is 13.2 Å². The van der Waals surface area contributed by atoms with Gasteiger partial charge in [0.05, 0.1) is 37.9 Å². The lowest BCUT2D eigenvalue weighted by Crippen LogP contribution is -2.34. The molecule has 46 heavy (non-hydrogen) atoms. The van der Waals surface area contributed by atoms with Gasteiger partial charge < -0.3 is 25.3 Å². The number of carbonyl (C=O) groups is 2. The van der Waals surface area contributed by atoms with E-state index in [0.29, 0.717) is 23.2 Å². The summed E-state index contributed by atoms with van der Waals surface area (Å²) in [5, 5.41) is 8.35. The third-order valence-corrected chi connectivity index (χ3v) is 7.35. The highest BCUT2D eigenvalue weighted by atomic mass is 35.5. The predicted molar refractivity (Wildman–Crippen MR) is 163 cm³/mol. The summed E-state index contributed by atoms with van der Waals surface area (Å²) in [5.74, 6) is -2.72. The molecule has 3 N–H and O–H groups in total. The van der Waals surface area contributed by atoms with Crippen LogP contribution in [0.4, 0.5) is 43.7 Å². The lowest BCUT2D eigenvalue weighted by atomic mass is 9.95. The van der Waals surface area contributed by atoms with Crippen molar-refractivity contribution in [3.05, 3.63) is 75.0 Å². The first-order chi connectivity index (χ1) is 21.3. The Morgan fingerprint density at radius 2 is 1.74 bits per heavy atom. The van der Waals surface area contributed by atoms with E-state index in [1.807, 2.05) is 0 Å². The van der Waals surface area contributed by atoms with Crippen molar-refractivity contribution in [2.24, 2.45) is 12.5 Å². The van der Waals surface area contributed by atoms with Crippen LogP contribution >= 0.6 is 23.2 Å². The molecule has 0 atom stereocenters. The molecule has 0 aliphatic rings. The van der Waals surface area contributed by atoms with Crippen LogP contribution in [0.5, 0.6) is 5.75 Å². The fourth-order valence-electron chi connectivity index (χ4n) is 4.20. The largest absolute Gasteiger partial charge is 0.487 e. The number of aromatic nitrogens is 2. The zero-order valence-corrected chi connectivity index (χ0v) is 26.2. The quantitative estimate of drug-likeness (QED) is 0.154. The van der Waals surface area contributed by atoms with Crippen molar-refractivity contribution in [2.45, 2.75) is 39.9 Å². The Morgan fingerprint density at radius 1 is 1.04 bits per heavy atom. The Hall–Kier alpha value is -4.17. The predicted octanol–water partition coefficient (Wildman–Crippen LogP) is 8.34. The molecule has 0 aliphatic carbocycles. The Morgan fingerprint density at radius 3 is 2.37 bits per heavy atom. The molecule has 0 unspecified atom stereocenters. The topological polar surface area (TPSA) is 97.3 Å². The maximum absolute atomic E-state index is 13.9. The standard InChI is InChI=1S/C30H27Cl2F6N5O3/c1-29(2,3)27(45)39-12-14-5-6-19(31)25(24(14)32)42-28-41-20-10-18(22(46-13-23(34)35)11-21(20)43(28)4)26(44)40-17-8-15(30(36,37)38)7-16(33)9-17/h5-11,23H,12-13H2,1-4H3,(H,39,45)(H,40,44)(H,41,42). The van der Waals surface area contributed by atoms with Crippen molar-refractivity contribution in [2.75, 3.05) is 17.2 Å². The van der Waals surface area contributed by atoms with Gasteiger partial charge in [0.15, 0.2) is 0 Å². The summed E-state index contributed by atoms with van der Waals surface area (Å²) in [6, 6.07) is 7.09. The van der Waals surface area contributed by atoms with E-state index in [2.05, 4.69) is 20.9 Å². The molecule has 8 nitrogen and oxygen atoms in total. The van der Waals surface area contributed by atoms with Gasteiger partial charge in [0.25, 0.3) is 12.3 Å². The van der Waals surface area contributed by atoms with Crippen LogP contribution in [-0.2, 0) is 24.6 Å². The van der Waals surface area contributed by atoms with E-state index in [0.717, 1.165) is 0 Å². The molecular formula is C30H27Cl2F6N5O3. The van der Waals surface area contributed by atoms with Crippen molar-refractivity contribution >= 4 is 63.4 Å². The van der Waals surface area contributed by atoms with E-state index in [4.69, 9.17) is 27.9 Å². The number of hydrogen-bond donors (Lipinski definition) is 3. The van der Waals surface area contributed by atoms with Crippen LogP contribution in [0.3, 0.4) is 0 Å². The van der Waals surface area contributed by atoms with Gasteiger partial charge in [-0.15, -0.1) is 0 Å². The number of nitrogens with one attached hydrogen (secondary N) is 3. The summed E-state index contributed by atoms with van der Waals surface area (Å²) < 4.78 is 86.3. The first kappa shape index (κ1) is 34.7. The minimum Gasteiger partial charge on any atom is -0.487 e. The summed E-state index contributed by atoms with van der Waals surface area (Å²) in [6.07, 6.45) is -7.81. The Balaban J connectivity index is 1.70. The second-order valence-electron chi connectivity index (χ2n) is 11.2. The molecule has 0 radical (unpaired) electrons. The van der Waals surface area contributed by atoms with Gasteiger partial charge in [-0.05, 0) is 35.9 Å². The number of alkyl halides is 5. The number of carbonyl (C=O) groups excluding carboxylic acids is 2. The highest BCUT2D eigenvalue weighted by Crippen LogP contribution is 2.37. The molecule has 2 amide bonds. The fourth-order valence-corrected chi connectivity index (χ4v) is 4.74. The van der Waals surface area contributed by atoms with Crippen molar-refractivity contribution in [1.82, 2.24) is 14.9 Å². The molecule has 246 valence electrons. The molecule has 4 aromatic rings. The molecule has 3 aromatic carbocycles. The monoisotopic (exact) mass is 689 g/mol. The Labute approximate surface area is 269 Å². The number of halogens is 8. The zero-order chi connectivity index (χ0) is 34.1. The number of anilines is 3. The smallest absolute Gasteiger partial charge is 0.416 e. The van der Waals surface area contributed by atoms with Crippen LogP contribution in [0.25, 0.3) is 11.0 Å².